The Hall–Kier alpha value is -2.15. The van der Waals surface area contributed by atoms with Gasteiger partial charge in [0.25, 0.3) is 0 Å². The number of likely N-dealkylation sites (tertiary alicyclic amines) is 1. The molecule has 32 heavy (non-hydrogen) atoms. The largest absolute Gasteiger partial charge is 0.355 e. The standard InChI is InChI=1S/C25H33ClN6/c1-4-30-14-16-31(17-15-30)22-12-6-11-21-28-24(25(26)32(21)22)20-10-5-9-19(29(20)3)23-18(2)8-7-13-27-23/h6-8,11-13,19-20H,4-5,9-10,14-17H2,1-3H3. The third-order valence-electron chi connectivity index (χ3n) is 7.35. The molecule has 0 aromatic carbocycles. The predicted octanol–water partition coefficient (Wildman–Crippen LogP) is 4.73. The number of halogens is 1. The number of pyridine rings is 2. The first-order valence-corrected chi connectivity index (χ1v) is 12.2. The highest BCUT2D eigenvalue weighted by Gasteiger charge is 2.34. The van der Waals surface area contributed by atoms with Crippen LogP contribution in [0.3, 0.4) is 0 Å². The minimum atomic E-state index is 0.187. The summed E-state index contributed by atoms with van der Waals surface area (Å²) in [4.78, 5) is 17.2. The first kappa shape index (κ1) is 21.7. The SMILES string of the molecule is CCN1CCN(c2cccc3nc(C4CCCC(c5ncccc5C)N4C)c(Cl)n23)CC1. The van der Waals surface area contributed by atoms with E-state index in [9.17, 15) is 0 Å². The van der Waals surface area contributed by atoms with Crippen molar-refractivity contribution in [3.05, 3.63) is 58.6 Å². The summed E-state index contributed by atoms with van der Waals surface area (Å²) >= 11 is 7.08. The molecule has 5 heterocycles. The fraction of sp³-hybridized carbons (Fsp3) is 0.520. The van der Waals surface area contributed by atoms with Gasteiger partial charge in [0.1, 0.15) is 16.6 Å². The summed E-state index contributed by atoms with van der Waals surface area (Å²) in [7, 11) is 2.20. The van der Waals surface area contributed by atoms with Gasteiger partial charge in [-0.1, -0.05) is 30.7 Å². The van der Waals surface area contributed by atoms with Gasteiger partial charge in [-0.2, -0.15) is 0 Å². The highest BCUT2D eigenvalue weighted by Crippen LogP contribution is 2.42. The van der Waals surface area contributed by atoms with Gasteiger partial charge in [0.05, 0.1) is 23.5 Å². The van der Waals surface area contributed by atoms with E-state index in [0.29, 0.717) is 0 Å². The van der Waals surface area contributed by atoms with Gasteiger partial charge in [-0.15, -0.1) is 0 Å². The van der Waals surface area contributed by atoms with Crippen LogP contribution in [0.4, 0.5) is 5.82 Å². The molecule has 2 atom stereocenters. The molecule has 3 aromatic rings. The zero-order chi connectivity index (χ0) is 22.2. The maximum Gasteiger partial charge on any atom is 0.139 e. The Bertz CT molecular complexity index is 1090. The molecule has 0 spiro atoms. The van der Waals surface area contributed by atoms with Crippen molar-refractivity contribution in [3.63, 3.8) is 0 Å². The summed E-state index contributed by atoms with van der Waals surface area (Å²) in [6.07, 6.45) is 5.23. The minimum absolute atomic E-state index is 0.187. The number of piperidine rings is 1. The molecule has 2 saturated heterocycles. The van der Waals surface area contributed by atoms with Gasteiger partial charge in [-0.3, -0.25) is 14.3 Å². The first-order chi connectivity index (χ1) is 15.6. The van der Waals surface area contributed by atoms with Crippen LogP contribution in [0, 0.1) is 6.92 Å². The molecule has 0 N–H and O–H groups in total. The summed E-state index contributed by atoms with van der Waals surface area (Å²) in [6, 6.07) is 11.0. The molecule has 2 unspecified atom stereocenters. The molecule has 2 aliphatic rings. The predicted molar refractivity (Wildman–Crippen MR) is 131 cm³/mol. The number of likely N-dealkylation sites (N-methyl/N-ethyl adjacent to an activating group) is 1. The number of nitrogens with zero attached hydrogens (tertiary/aromatic N) is 6. The van der Waals surface area contributed by atoms with Crippen molar-refractivity contribution in [1.82, 2.24) is 24.2 Å². The molecule has 6 nitrogen and oxygen atoms in total. The highest BCUT2D eigenvalue weighted by molar-refractivity contribution is 6.30. The van der Waals surface area contributed by atoms with Crippen LogP contribution in [0.5, 0.6) is 0 Å². The van der Waals surface area contributed by atoms with Crippen molar-refractivity contribution in [3.8, 4) is 0 Å². The lowest BCUT2D eigenvalue weighted by molar-refractivity contribution is 0.109. The van der Waals surface area contributed by atoms with E-state index in [0.717, 1.165) is 74.3 Å². The zero-order valence-corrected chi connectivity index (χ0v) is 20.1. The second-order valence-electron chi connectivity index (χ2n) is 9.12. The van der Waals surface area contributed by atoms with Gasteiger partial charge in [0.15, 0.2) is 0 Å². The van der Waals surface area contributed by atoms with Crippen LogP contribution in [0.25, 0.3) is 5.65 Å². The molecule has 0 amide bonds. The minimum Gasteiger partial charge on any atom is -0.355 e. The lowest BCUT2D eigenvalue weighted by Crippen LogP contribution is -2.46. The Kier molecular flexibility index (Phi) is 6.10. The summed E-state index contributed by atoms with van der Waals surface area (Å²) in [6.45, 7) is 9.70. The van der Waals surface area contributed by atoms with Crippen LogP contribution >= 0.6 is 11.6 Å². The number of piperazine rings is 1. The van der Waals surface area contributed by atoms with E-state index in [1.54, 1.807) is 0 Å². The van der Waals surface area contributed by atoms with Crippen LogP contribution in [0.15, 0.2) is 36.5 Å². The van der Waals surface area contributed by atoms with Gasteiger partial charge < -0.3 is 9.80 Å². The van der Waals surface area contributed by atoms with Gasteiger partial charge in [0, 0.05) is 32.4 Å². The lowest BCUT2D eigenvalue weighted by Gasteiger charge is -2.39. The molecular weight excluding hydrogens is 420 g/mol. The molecule has 5 rings (SSSR count). The van der Waals surface area contributed by atoms with Gasteiger partial charge in [-0.05, 0) is 63.5 Å². The van der Waals surface area contributed by atoms with Crippen molar-refractivity contribution in [1.29, 1.82) is 0 Å². The topological polar surface area (TPSA) is 39.9 Å². The highest BCUT2D eigenvalue weighted by atomic mass is 35.5. The average Bonchev–Trinajstić information content (AvgIpc) is 3.16. The number of hydrogen-bond donors (Lipinski definition) is 0. The van der Waals surface area contributed by atoms with Crippen LogP contribution in [0.2, 0.25) is 5.15 Å². The fourth-order valence-electron chi connectivity index (χ4n) is 5.45. The number of hydrogen-bond acceptors (Lipinski definition) is 5. The second-order valence-corrected chi connectivity index (χ2v) is 9.48. The molecule has 7 heteroatoms. The molecule has 3 aromatic heterocycles. The van der Waals surface area contributed by atoms with E-state index >= 15 is 0 Å². The number of aryl methyl sites for hydroxylation is 1. The quantitative estimate of drug-likeness (QED) is 0.572. The normalized spacial score (nSPS) is 23.2. The Morgan fingerprint density at radius 2 is 1.75 bits per heavy atom. The molecule has 2 fully saturated rings. The lowest BCUT2D eigenvalue weighted by atomic mass is 9.91. The third-order valence-corrected chi connectivity index (χ3v) is 7.72. The number of imidazole rings is 1. The summed E-state index contributed by atoms with van der Waals surface area (Å²) < 4.78 is 2.15. The molecule has 0 saturated carbocycles. The van der Waals surface area contributed by atoms with E-state index < -0.39 is 0 Å². The van der Waals surface area contributed by atoms with E-state index in [-0.39, 0.29) is 12.1 Å². The van der Waals surface area contributed by atoms with Gasteiger partial charge >= 0.3 is 0 Å². The fourth-order valence-corrected chi connectivity index (χ4v) is 5.79. The average molecular weight is 453 g/mol. The molecule has 0 aliphatic carbocycles. The van der Waals surface area contributed by atoms with E-state index in [1.165, 1.54) is 11.3 Å². The summed E-state index contributed by atoms with van der Waals surface area (Å²) in [5.41, 5.74) is 4.35. The molecule has 0 bridgehead atoms. The van der Waals surface area contributed by atoms with Crippen molar-refractivity contribution >= 4 is 23.1 Å². The van der Waals surface area contributed by atoms with Crippen molar-refractivity contribution in [2.75, 3.05) is 44.7 Å². The Morgan fingerprint density at radius 1 is 1.00 bits per heavy atom. The molecule has 170 valence electrons. The first-order valence-electron chi connectivity index (χ1n) is 11.9. The number of anilines is 1. The van der Waals surface area contributed by atoms with Crippen LogP contribution in [0.1, 0.15) is 55.2 Å². The number of rotatable bonds is 4. The number of fused-ring (bicyclic) bond motifs is 1. The second kappa shape index (κ2) is 9.00. The zero-order valence-electron chi connectivity index (χ0n) is 19.3. The van der Waals surface area contributed by atoms with Crippen LogP contribution in [-0.2, 0) is 0 Å². The Balaban J connectivity index is 1.48. The third kappa shape index (κ3) is 3.78. The van der Waals surface area contributed by atoms with Crippen molar-refractivity contribution in [2.24, 2.45) is 0 Å². The van der Waals surface area contributed by atoms with Crippen LogP contribution in [-0.4, -0.2) is 63.9 Å². The maximum absolute atomic E-state index is 7.08. The monoisotopic (exact) mass is 452 g/mol. The van der Waals surface area contributed by atoms with Gasteiger partial charge in [0.2, 0.25) is 0 Å². The molecule has 0 radical (unpaired) electrons. The molecular formula is C25H33ClN6. The van der Waals surface area contributed by atoms with Crippen LogP contribution < -0.4 is 4.90 Å². The van der Waals surface area contributed by atoms with E-state index in [2.05, 4.69) is 64.3 Å². The maximum atomic E-state index is 7.08. The van der Waals surface area contributed by atoms with E-state index in [1.807, 2.05) is 12.3 Å². The van der Waals surface area contributed by atoms with Gasteiger partial charge in [-0.25, -0.2) is 4.98 Å². The van der Waals surface area contributed by atoms with Crippen molar-refractivity contribution in [2.45, 2.75) is 45.2 Å². The number of aromatic nitrogens is 3. The Morgan fingerprint density at radius 3 is 2.47 bits per heavy atom. The van der Waals surface area contributed by atoms with E-state index in [4.69, 9.17) is 21.6 Å². The smallest absolute Gasteiger partial charge is 0.139 e. The summed E-state index contributed by atoms with van der Waals surface area (Å²) in [5.74, 6) is 1.15. The molecule has 2 aliphatic heterocycles. The Labute approximate surface area is 195 Å². The summed E-state index contributed by atoms with van der Waals surface area (Å²) in [5, 5.41) is 0.753. The van der Waals surface area contributed by atoms with Crippen molar-refractivity contribution < 1.29 is 0 Å².